The van der Waals surface area contributed by atoms with Crippen LogP contribution in [0.15, 0.2) is 48.5 Å². The van der Waals surface area contributed by atoms with Gasteiger partial charge in [0.1, 0.15) is 0 Å². The van der Waals surface area contributed by atoms with Crippen LogP contribution in [0.4, 0.5) is 11.4 Å². The van der Waals surface area contributed by atoms with Gasteiger partial charge in [-0.05, 0) is 18.1 Å². The van der Waals surface area contributed by atoms with E-state index < -0.39 is 4.92 Å². The number of nitro groups is 1. The van der Waals surface area contributed by atoms with Crippen LogP contribution in [0.5, 0.6) is 0 Å². The number of piperazine rings is 1. The van der Waals surface area contributed by atoms with Crippen molar-refractivity contribution in [2.75, 3.05) is 51.7 Å². The normalized spacial score (nSPS) is 14.7. The number of non-ortho nitro benzene ring substituents is 1. The summed E-state index contributed by atoms with van der Waals surface area (Å²) in [4.78, 5) is 29.7. The van der Waals surface area contributed by atoms with Gasteiger partial charge in [0.05, 0.1) is 10.5 Å². The van der Waals surface area contributed by atoms with Crippen LogP contribution in [0.3, 0.4) is 0 Å². The molecule has 1 amide bonds. The zero-order valence-electron chi connectivity index (χ0n) is 16.4. The Labute approximate surface area is 165 Å². The second kappa shape index (κ2) is 8.84. The number of benzene rings is 2. The largest absolute Gasteiger partial charge is 0.377 e. The molecule has 148 valence electrons. The third kappa shape index (κ3) is 4.67. The molecule has 2 aromatic rings. The molecule has 0 N–H and O–H groups in total. The van der Waals surface area contributed by atoms with E-state index in [1.165, 1.54) is 17.7 Å². The van der Waals surface area contributed by atoms with Crippen LogP contribution in [0.1, 0.15) is 15.9 Å². The molecule has 3 rings (SSSR count). The lowest BCUT2D eigenvalue weighted by Crippen LogP contribution is -2.49. The second-order valence-corrected chi connectivity index (χ2v) is 7.22. The van der Waals surface area contributed by atoms with Crippen molar-refractivity contribution in [1.82, 2.24) is 9.80 Å². The minimum atomic E-state index is -0.461. The van der Waals surface area contributed by atoms with Crippen LogP contribution in [0, 0.1) is 10.1 Å². The molecular weight excluding hydrogens is 356 g/mol. The zero-order valence-corrected chi connectivity index (χ0v) is 16.4. The number of anilines is 1. The highest BCUT2D eigenvalue weighted by Gasteiger charge is 2.26. The van der Waals surface area contributed by atoms with Gasteiger partial charge in [0.15, 0.2) is 0 Å². The Bertz CT molecular complexity index is 831. The maximum atomic E-state index is 13.0. The SMILES string of the molecule is CN(C)c1ccc([N+](=O)[O-])cc1C(=O)N1CCN(CCc2ccccc2)CC1. The molecular formula is C21H26N4O3. The molecule has 28 heavy (non-hydrogen) atoms. The first kappa shape index (κ1) is 19.8. The maximum absolute atomic E-state index is 13.0. The van der Waals surface area contributed by atoms with E-state index in [9.17, 15) is 14.9 Å². The van der Waals surface area contributed by atoms with Gasteiger partial charge in [-0.25, -0.2) is 0 Å². The fraction of sp³-hybridized carbons (Fsp3) is 0.381. The summed E-state index contributed by atoms with van der Waals surface area (Å²) < 4.78 is 0. The Kier molecular flexibility index (Phi) is 6.26. The molecule has 2 aromatic carbocycles. The van der Waals surface area contributed by atoms with Gasteiger partial charge in [-0.2, -0.15) is 0 Å². The van der Waals surface area contributed by atoms with Gasteiger partial charge in [0.25, 0.3) is 11.6 Å². The lowest BCUT2D eigenvalue weighted by atomic mass is 10.1. The van der Waals surface area contributed by atoms with E-state index in [4.69, 9.17) is 0 Å². The Morgan fingerprint density at radius 1 is 1.07 bits per heavy atom. The van der Waals surface area contributed by atoms with Crippen LogP contribution in [-0.4, -0.2) is 67.4 Å². The summed E-state index contributed by atoms with van der Waals surface area (Å²) in [5.74, 6) is -0.143. The van der Waals surface area contributed by atoms with E-state index in [0.717, 1.165) is 26.1 Å². The van der Waals surface area contributed by atoms with Gasteiger partial charge in [-0.15, -0.1) is 0 Å². The second-order valence-electron chi connectivity index (χ2n) is 7.22. The number of nitrogens with zero attached hydrogens (tertiary/aromatic N) is 4. The average molecular weight is 382 g/mol. The summed E-state index contributed by atoms with van der Waals surface area (Å²) >= 11 is 0. The first-order valence-electron chi connectivity index (χ1n) is 9.47. The van der Waals surface area contributed by atoms with Crippen LogP contribution in [-0.2, 0) is 6.42 Å². The topological polar surface area (TPSA) is 69.9 Å². The standard InChI is InChI=1S/C21H26N4O3/c1-22(2)20-9-8-18(25(27)28)16-19(20)21(26)24-14-12-23(13-15-24)11-10-17-6-4-3-5-7-17/h3-9,16H,10-15H2,1-2H3. The molecule has 7 heteroatoms. The Morgan fingerprint density at radius 2 is 1.75 bits per heavy atom. The molecule has 0 saturated carbocycles. The third-order valence-electron chi connectivity index (χ3n) is 5.12. The number of hydrogen-bond acceptors (Lipinski definition) is 5. The molecule has 1 fully saturated rings. The van der Waals surface area contributed by atoms with E-state index in [0.29, 0.717) is 24.3 Å². The third-order valence-corrected chi connectivity index (χ3v) is 5.12. The van der Waals surface area contributed by atoms with E-state index in [2.05, 4.69) is 17.0 Å². The van der Waals surface area contributed by atoms with Gasteiger partial charge in [-0.1, -0.05) is 30.3 Å². The van der Waals surface area contributed by atoms with Crippen molar-refractivity contribution in [1.29, 1.82) is 0 Å². The van der Waals surface area contributed by atoms with Crippen molar-refractivity contribution in [3.63, 3.8) is 0 Å². The van der Waals surface area contributed by atoms with Crippen molar-refractivity contribution >= 4 is 17.3 Å². The summed E-state index contributed by atoms with van der Waals surface area (Å²) in [6.07, 6.45) is 0.991. The molecule has 7 nitrogen and oxygen atoms in total. The molecule has 1 aliphatic heterocycles. The van der Waals surface area contributed by atoms with E-state index in [-0.39, 0.29) is 11.6 Å². The quantitative estimate of drug-likeness (QED) is 0.567. The monoisotopic (exact) mass is 382 g/mol. The van der Waals surface area contributed by atoms with Crippen molar-refractivity contribution < 1.29 is 9.72 Å². The molecule has 0 atom stereocenters. The Morgan fingerprint density at radius 3 is 2.36 bits per heavy atom. The van der Waals surface area contributed by atoms with Crippen molar-refractivity contribution in [2.24, 2.45) is 0 Å². The van der Waals surface area contributed by atoms with Gasteiger partial charge in [0, 0.05) is 64.6 Å². The Balaban J connectivity index is 1.63. The van der Waals surface area contributed by atoms with E-state index >= 15 is 0 Å². The van der Waals surface area contributed by atoms with Crippen molar-refractivity contribution in [3.8, 4) is 0 Å². The molecule has 0 radical (unpaired) electrons. The van der Waals surface area contributed by atoms with Crippen molar-refractivity contribution in [3.05, 3.63) is 69.8 Å². The number of carbonyl (C=O) groups excluding carboxylic acids is 1. The predicted octanol–water partition coefficient (Wildman–Crippen LogP) is 2.66. The molecule has 0 spiro atoms. The summed E-state index contributed by atoms with van der Waals surface area (Å²) in [6, 6.07) is 14.8. The number of carbonyl (C=O) groups is 1. The molecule has 1 saturated heterocycles. The summed E-state index contributed by atoms with van der Waals surface area (Å²) in [7, 11) is 3.67. The van der Waals surface area contributed by atoms with Crippen molar-refractivity contribution in [2.45, 2.75) is 6.42 Å². The number of nitro benzene ring substituents is 1. The first-order valence-corrected chi connectivity index (χ1v) is 9.47. The highest BCUT2D eigenvalue weighted by atomic mass is 16.6. The van der Waals surface area contributed by atoms with E-state index in [1.807, 2.05) is 37.2 Å². The number of amides is 1. The van der Waals surface area contributed by atoms with Gasteiger partial charge in [0.2, 0.25) is 0 Å². The first-order chi connectivity index (χ1) is 13.5. The predicted molar refractivity (Wildman–Crippen MR) is 110 cm³/mol. The minimum absolute atomic E-state index is 0.0598. The fourth-order valence-electron chi connectivity index (χ4n) is 3.48. The number of rotatable bonds is 6. The van der Waals surface area contributed by atoms with Crippen LogP contribution in [0.25, 0.3) is 0 Å². The molecule has 0 unspecified atom stereocenters. The minimum Gasteiger partial charge on any atom is -0.377 e. The maximum Gasteiger partial charge on any atom is 0.270 e. The summed E-state index contributed by atoms with van der Waals surface area (Å²) in [5, 5.41) is 11.1. The fourth-order valence-corrected chi connectivity index (χ4v) is 3.48. The summed E-state index contributed by atoms with van der Waals surface area (Å²) in [6.45, 7) is 3.84. The van der Waals surface area contributed by atoms with Gasteiger partial charge >= 0.3 is 0 Å². The molecule has 0 aromatic heterocycles. The van der Waals surface area contributed by atoms with Crippen LogP contribution in [0.2, 0.25) is 0 Å². The van der Waals surface area contributed by atoms with E-state index in [1.54, 1.807) is 11.0 Å². The number of hydrogen-bond donors (Lipinski definition) is 0. The molecule has 0 bridgehead atoms. The highest BCUT2D eigenvalue weighted by Crippen LogP contribution is 2.26. The average Bonchev–Trinajstić information content (AvgIpc) is 2.72. The van der Waals surface area contributed by atoms with Gasteiger partial charge < -0.3 is 9.80 Å². The lowest BCUT2D eigenvalue weighted by molar-refractivity contribution is -0.384. The summed E-state index contributed by atoms with van der Waals surface area (Å²) in [5.41, 5.74) is 2.34. The zero-order chi connectivity index (χ0) is 20.1. The van der Waals surface area contributed by atoms with Crippen LogP contribution >= 0.6 is 0 Å². The lowest BCUT2D eigenvalue weighted by Gasteiger charge is -2.35. The Hall–Kier alpha value is -2.93. The van der Waals surface area contributed by atoms with Gasteiger partial charge in [-0.3, -0.25) is 19.8 Å². The molecule has 1 heterocycles. The smallest absolute Gasteiger partial charge is 0.270 e. The molecule has 0 aliphatic carbocycles. The highest BCUT2D eigenvalue weighted by molar-refractivity contribution is 6.00. The molecule has 1 aliphatic rings. The van der Waals surface area contributed by atoms with Crippen LogP contribution < -0.4 is 4.90 Å².